The fourth-order valence-corrected chi connectivity index (χ4v) is 3.74. The van der Waals surface area contributed by atoms with Crippen LogP contribution in [0.4, 0.5) is 5.69 Å². The molecule has 0 bridgehead atoms. The molecule has 0 fully saturated rings. The summed E-state index contributed by atoms with van der Waals surface area (Å²) in [6.45, 7) is 1.92. The lowest BCUT2D eigenvalue weighted by molar-refractivity contribution is 0.102. The molecule has 0 unspecified atom stereocenters. The Bertz CT molecular complexity index is 900. The first-order valence-electron chi connectivity index (χ1n) is 8.03. The van der Waals surface area contributed by atoms with Gasteiger partial charge in [-0.2, -0.15) is 0 Å². The van der Waals surface area contributed by atoms with Gasteiger partial charge in [0.2, 0.25) is 10.0 Å². The van der Waals surface area contributed by atoms with Crippen LogP contribution in [0, 0.1) is 0 Å². The largest absolute Gasteiger partial charge is 0.495 e. The van der Waals surface area contributed by atoms with Gasteiger partial charge in [0.15, 0.2) is 0 Å². The van der Waals surface area contributed by atoms with Crippen molar-refractivity contribution in [3.05, 3.63) is 53.1 Å². The molecule has 7 nitrogen and oxygen atoms in total. The molecule has 9 heteroatoms. The molecule has 0 heterocycles. The van der Waals surface area contributed by atoms with Gasteiger partial charge in [-0.15, -0.1) is 0 Å². The summed E-state index contributed by atoms with van der Waals surface area (Å²) in [5.74, 6) is -0.0820. The number of hydrogen-bond acceptors (Lipinski definition) is 5. The minimum absolute atomic E-state index is 0.00217. The summed E-state index contributed by atoms with van der Waals surface area (Å²) < 4.78 is 37.7. The van der Waals surface area contributed by atoms with Crippen molar-refractivity contribution in [2.75, 3.05) is 26.1 Å². The minimum Gasteiger partial charge on any atom is -0.495 e. The lowest BCUT2D eigenvalue weighted by atomic mass is 10.2. The van der Waals surface area contributed by atoms with Gasteiger partial charge < -0.3 is 14.8 Å². The molecule has 0 aliphatic rings. The van der Waals surface area contributed by atoms with E-state index in [4.69, 9.17) is 21.1 Å². The summed E-state index contributed by atoms with van der Waals surface area (Å²) in [6, 6.07) is 10.1. The average molecular weight is 413 g/mol. The number of hydrogen-bond donors (Lipinski definition) is 2. The molecule has 146 valence electrons. The van der Waals surface area contributed by atoms with Crippen LogP contribution in [0.3, 0.4) is 0 Å². The molecule has 2 N–H and O–H groups in total. The lowest BCUT2D eigenvalue weighted by Crippen LogP contribution is -2.35. The maximum atomic E-state index is 12.5. The predicted molar refractivity (Wildman–Crippen MR) is 104 cm³/mol. The van der Waals surface area contributed by atoms with Crippen molar-refractivity contribution in [2.24, 2.45) is 0 Å². The SMILES string of the molecule is COC[C@H](C)NS(=O)(=O)c1ccc(OC)c(NC(=O)c2ccc(Cl)cc2)c1. The van der Waals surface area contributed by atoms with E-state index in [2.05, 4.69) is 10.0 Å². The zero-order chi connectivity index (χ0) is 20.0. The Labute approximate surface area is 163 Å². The molecular weight excluding hydrogens is 392 g/mol. The van der Waals surface area contributed by atoms with E-state index in [1.165, 1.54) is 32.4 Å². The second-order valence-electron chi connectivity index (χ2n) is 5.80. The fourth-order valence-electron chi connectivity index (χ4n) is 2.36. The minimum atomic E-state index is -3.79. The average Bonchev–Trinajstić information content (AvgIpc) is 2.62. The Morgan fingerprint density at radius 1 is 1.15 bits per heavy atom. The van der Waals surface area contributed by atoms with Crippen LogP contribution < -0.4 is 14.8 Å². The van der Waals surface area contributed by atoms with Gasteiger partial charge in [0.25, 0.3) is 5.91 Å². The van der Waals surface area contributed by atoms with Crippen LogP contribution in [0.5, 0.6) is 5.75 Å². The molecule has 0 saturated carbocycles. The van der Waals surface area contributed by atoms with E-state index in [-0.39, 0.29) is 17.2 Å². The number of ether oxygens (including phenoxy) is 2. The smallest absolute Gasteiger partial charge is 0.255 e. The Hall–Kier alpha value is -2.13. The van der Waals surface area contributed by atoms with Gasteiger partial charge in [0.05, 0.1) is 24.3 Å². The molecule has 0 radical (unpaired) electrons. The van der Waals surface area contributed by atoms with Crippen molar-refractivity contribution in [1.29, 1.82) is 0 Å². The van der Waals surface area contributed by atoms with Gasteiger partial charge in [-0.25, -0.2) is 13.1 Å². The van der Waals surface area contributed by atoms with Crippen LogP contribution in [0.2, 0.25) is 5.02 Å². The zero-order valence-electron chi connectivity index (χ0n) is 15.2. The van der Waals surface area contributed by atoms with E-state index in [0.29, 0.717) is 16.3 Å². The molecule has 1 amide bonds. The molecule has 1 atom stereocenters. The molecule has 2 aromatic carbocycles. The van der Waals surface area contributed by atoms with Crippen LogP contribution in [0.15, 0.2) is 47.4 Å². The van der Waals surface area contributed by atoms with Crippen LogP contribution in [-0.2, 0) is 14.8 Å². The van der Waals surface area contributed by atoms with Gasteiger partial charge in [-0.3, -0.25) is 4.79 Å². The highest BCUT2D eigenvalue weighted by molar-refractivity contribution is 7.89. The Morgan fingerprint density at radius 3 is 2.41 bits per heavy atom. The Morgan fingerprint density at radius 2 is 1.81 bits per heavy atom. The zero-order valence-corrected chi connectivity index (χ0v) is 16.7. The number of carbonyl (C=O) groups excluding carboxylic acids is 1. The van der Waals surface area contributed by atoms with E-state index < -0.39 is 22.0 Å². The molecule has 0 aliphatic heterocycles. The van der Waals surface area contributed by atoms with Crippen LogP contribution in [-0.4, -0.2) is 41.2 Å². The first kappa shape index (κ1) is 21.2. The highest BCUT2D eigenvalue weighted by atomic mass is 35.5. The summed E-state index contributed by atoms with van der Waals surface area (Å²) in [6.07, 6.45) is 0. The van der Waals surface area contributed by atoms with Gasteiger partial charge in [0.1, 0.15) is 5.75 Å². The molecule has 0 aliphatic carbocycles. The van der Waals surface area contributed by atoms with Gasteiger partial charge >= 0.3 is 0 Å². The normalized spacial score (nSPS) is 12.4. The topological polar surface area (TPSA) is 93.7 Å². The first-order valence-corrected chi connectivity index (χ1v) is 9.89. The number of amides is 1. The number of sulfonamides is 1. The number of methoxy groups -OCH3 is 2. The Balaban J connectivity index is 2.29. The molecular formula is C18H21ClN2O5S. The highest BCUT2D eigenvalue weighted by Gasteiger charge is 2.20. The Kier molecular flexibility index (Phi) is 7.20. The van der Waals surface area contributed by atoms with Crippen LogP contribution in [0.25, 0.3) is 0 Å². The van der Waals surface area contributed by atoms with Crippen molar-refractivity contribution in [2.45, 2.75) is 17.9 Å². The maximum absolute atomic E-state index is 12.5. The number of anilines is 1. The second kappa shape index (κ2) is 9.18. The number of benzene rings is 2. The van der Waals surface area contributed by atoms with Crippen molar-refractivity contribution in [1.82, 2.24) is 4.72 Å². The molecule has 2 rings (SSSR count). The number of carbonyl (C=O) groups is 1. The van der Waals surface area contributed by atoms with E-state index in [1.54, 1.807) is 31.2 Å². The van der Waals surface area contributed by atoms with Crippen LogP contribution in [0.1, 0.15) is 17.3 Å². The second-order valence-corrected chi connectivity index (χ2v) is 7.95. The fraction of sp³-hybridized carbons (Fsp3) is 0.278. The summed E-state index contributed by atoms with van der Waals surface area (Å²) in [5.41, 5.74) is 0.612. The summed E-state index contributed by atoms with van der Waals surface area (Å²) >= 11 is 5.82. The summed E-state index contributed by atoms with van der Waals surface area (Å²) in [7, 11) is -0.870. The number of rotatable bonds is 8. The predicted octanol–water partition coefficient (Wildman–Crippen LogP) is 2.91. The molecule has 2 aromatic rings. The van der Waals surface area contributed by atoms with Crippen molar-refractivity contribution >= 4 is 33.2 Å². The van der Waals surface area contributed by atoms with E-state index in [9.17, 15) is 13.2 Å². The third kappa shape index (κ3) is 5.67. The van der Waals surface area contributed by atoms with Crippen molar-refractivity contribution < 1.29 is 22.7 Å². The van der Waals surface area contributed by atoms with Gasteiger partial charge in [0, 0.05) is 23.7 Å². The van der Waals surface area contributed by atoms with Crippen molar-refractivity contribution in [3.8, 4) is 5.75 Å². The van der Waals surface area contributed by atoms with Crippen LogP contribution >= 0.6 is 11.6 Å². The number of nitrogens with one attached hydrogen (secondary N) is 2. The highest BCUT2D eigenvalue weighted by Crippen LogP contribution is 2.28. The standard InChI is InChI=1S/C18H21ClN2O5S/c1-12(11-25-2)21-27(23,24)15-8-9-17(26-3)16(10-15)20-18(22)13-4-6-14(19)7-5-13/h4-10,12,21H,11H2,1-3H3,(H,20,22)/t12-/m0/s1. The summed E-state index contributed by atoms with van der Waals surface area (Å²) in [5, 5.41) is 3.17. The molecule has 0 saturated heterocycles. The molecule has 0 spiro atoms. The summed E-state index contributed by atoms with van der Waals surface area (Å²) in [4.78, 5) is 12.4. The quantitative estimate of drug-likeness (QED) is 0.695. The third-order valence-corrected chi connectivity index (χ3v) is 5.45. The lowest BCUT2D eigenvalue weighted by Gasteiger charge is -2.15. The molecule has 27 heavy (non-hydrogen) atoms. The first-order chi connectivity index (χ1) is 12.8. The van der Waals surface area contributed by atoms with E-state index >= 15 is 0 Å². The van der Waals surface area contributed by atoms with Gasteiger partial charge in [-0.1, -0.05) is 11.6 Å². The number of halogens is 1. The monoisotopic (exact) mass is 412 g/mol. The maximum Gasteiger partial charge on any atom is 0.255 e. The third-order valence-electron chi connectivity index (χ3n) is 3.61. The molecule has 0 aromatic heterocycles. The van der Waals surface area contributed by atoms with Gasteiger partial charge in [-0.05, 0) is 49.4 Å². The van der Waals surface area contributed by atoms with Crippen molar-refractivity contribution in [3.63, 3.8) is 0 Å². The van der Waals surface area contributed by atoms with E-state index in [0.717, 1.165) is 0 Å². The van der Waals surface area contributed by atoms with E-state index in [1.807, 2.05) is 0 Å².